The second kappa shape index (κ2) is 10.7. The Balaban J connectivity index is 1.86. The zero-order valence-electron chi connectivity index (χ0n) is 17.2. The fourth-order valence-electron chi connectivity index (χ4n) is 4.03. The molecule has 1 fully saturated rings. The number of benzene rings is 2. The van der Waals surface area contributed by atoms with E-state index < -0.39 is 0 Å². The average Bonchev–Trinajstić information content (AvgIpc) is 2.76. The molecule has 0 bridgehead atoms. The predicted molar refractivity (Wildman–Crippen MR) is 127 cm³/mol. The zero-order chi connectivity index (χ0) is 21.5. The summed E-state index contributed by atoms with van der Waals surface area (Å²) in [6.45, 7) is 2.76. The van der Waals surface area contributed by atoms with E-state index in [1.165, 1.54) is 19.3 Å². The summed E-state index contributed by atoms with van der Waals surface area (Å²) in [5, 5.41) is 15.4. The smallest absolute Gasteiger partial charge is 0.269 e. The number of hydrogen-bond acceptors (Lipinski definition) is 4. The zero-order valence-corrected chi connectivity index (χ0v) is 18.8. The van der Waals surface area contributed by atoms with Gasteiger partial charge in [-0.25, -0.2) is 0 Å². The van der Waals surface area contributed by atoms with Crippen molar-refractivity contribution in [2.45, 2.75) is 64.1 Å². The number of rotatable bonds is 8. The van der Waals surface area contributed by atoms with Crippen LogP contribution in [0.5, 0.6) is 0 Å². The van der Waals surface area contributed by atoms with Crippen LogP contribution in [0.2, 0.25) is 5.02 Å². The number of nitro benzene ring substituents is 1. The van der Waals surface area contributed by atoms with E-state index in [0.29, 0.717) is 17.6 Å². The normalized spacial score (nSPS) is 15.4. The predicted octanol–water partition coefficient (Wildman–Crippen LogP) is 6.28. The highest BCUT2D eigenvalue weighted by Crippen LogP contribution is 2.26. The molecule has 1 aliphatic rings. The molecule has 1 unspecified atom stereocenters. The minimum absolute atomic E-state index is 0.000870. The Labute approximate surface area is 188 Å². The number of anilines is 1. The first-order valence-corrected chi connectivity index (χ1v) is 11.3. The van der Waals surface area contributed by atoms with E-state index in [2.05, 4.69) is 17.1 Å². The molecule has 0 spiro atoms. The van der Waals surface area contributed by atoms with Gasteiger partial charge in [-0.1, -0.05) is 62.1 Å². The van der Waals surface area contributed by atoms with Crippen LogP contribution in [0.25, 0.3) is 0 Å². The molecule has 7 heteroatoms. The summed E-state index contributed by atoms with van der Waals surface area (Å²) in [6.07, 6.45) is 6.94. The van der Waals surface area contributed by atoms with E-state index in [1.54, 1.807) is 24.3 Å². The Kier molecular flexibility index (Phi) is 8.05. The topological polar surface area (TPSA) is 58.4 Å². The molecule has 1 aliphatic carbocycles. The third kappa shape index (κ3) is 5.92. The molecule has 1 saturated carbocycles. The van der Waals surface area contributed by atoms with E-state index in [1.807, 2.05) is 24.3 Å². The number of nitro groups is 1. The van der Waals surface area contributed by atoms with Gasteiger partial charge in [0.05, 0.1) is 16.0 Å². The van der Waals surface area contributed by atoms with Crippen molar-refractivity contribution in [3.63, 3.8) is 0 Å². The van der Waals surface area contributed by atoms with E-state index in [0.717, 1.165) is 35.5 Å². The summed E-state index contributed by atoms with van der Waals surface area (Å²) in [5.41, 5.74) is 2.10. The summed E-state index contributed by atoms with van der Waals surface area (Å²) < 4.78 is 0. The molecule has 0 saturated heterocycles. The molecule has 1 atom stereocenters. The van der Waals surface area contributed by atoms with E-state index in [4.69, 9.17) is 23.8 Å². The van der Waals surface area contributed by atoms with Gasteiger partial charge in [-0.15, -0.1) is 0 Å². The van der Waals surface area contributed by atoms with Crippen LogP contribution in [0, 0.1) is 10.1 Å². The van der Waals surface area contributed by atoms with Crippen LogP contribution in [0.15, 0.2) is 48.5 Å². The highest BCUT2D eigenvalue weighted by molar-refractivity contribution is 7.80. The lowest BCUT2D eigenvalue weighted by Crippen LogP contribution is -2.49. The van der Waals surface area contributed by atoms with Crippen molar-refractivity contribution in [3.8, 4) is 0 Å². The lowest BCUT2D eigenvalue weighted by Gasteiger charge is -2.36. The first-order chi connectivity index (χ1) is 14.5. The quantitative estimate of drug-likeness (QED) is 0.294. The number of thiocarbonyl (C=S) groups is 1. The molecule has 5 nitrogen and oxygen atoms in total. The van der Waals surface area contributed by atoms with Gasteiger partial charge in [0, 0.05) is 35.4 Å². The Morgan fingerprint density at radius 2 is 1.80 bits per heavy atom. The van der Waals surface area contributed by atoms with Crippen LogP contribution in [-0.2, 0) is 6.54 Å². The van der Waals surface area contributed by atoms with Crippen LogP contribution >= 0.6 is 23.8 Å². The largest absolute Gasteiger partial charge is 0.375 e. The fourth-order valence-corrected chi connectivity index (χ4v) is 4.61. The van der Waals surface area contributed by atoms with E-state index >= 15 is 0 Å². The third-order valence-corrected chi connectivity index (χ3v) is 6.32. The first-order valence-electron chi connectivity index (χ1n) is 10.5. The van der Waals surface area contributed by atoms with Crippen molar-refractivity contribution in [2.75, 3.05) is 4.90 Å². The first kappa shape index (κ1) is 22.5. The molecule has 2 aromatic rings. The monoisotopic (exact) mass is 445 g/mol. The van der Waals surface area contributed by atoms with Crippen LogP contribution in [0.1, 0.15) is 51.0 Å². The Hall–Kier alpha value is -2.18. The number of hydrogen-bond donors (Lipinski definition) is 1. The van der Waals surface area contributed by atoms with E-state index in [-0.39, 0.29) is 16.7 Å². The molecule has 2 aromatic carbocycles. The molecule has 0 aliphatic heterocycles. The van der Waals surface area contributed by atoms with Gasteiger partial charge in [-0.05, 0) is 49.1 Å². The molecule has 0 radical (unpaired) electrons. The van der Waals surface area contributed by atoms with Crippen LogP contribution in [-0.4, -0.2) is 22.0 Å². The molecule has 0 heterocycles. The van der Waals surface area contributed by atoms with Crippen molar-refractivity contribution in [2.24, 2.45) is 0 Å². The molecular weight excluding hydrogens is 418 g/mol. The maximum Gasteiger partial charge on any atom is 0.269 e. The maximum absolute atomic E-state index is 11.1. The Morgan fingerprint density at radius 1 is 1.17 bits per heavy atom. The summed E-state index contributed by atoms with van der Waals surface area (Å²) in [6, 6.07) is 14.9. The van der Waals surface area contributed by atoms with Crippen molar-refractivity contribution in [3.05, 3.63) is 69.2 Å². The summed E-state index contributed by atoms with van der Waals surface area (Å²) in [4.78, 5) is 13.8. The fraction of sp³-hybridized carbons (Fsp3) is 0.435. The molecule has 0 amide bonds. The standard InChI is InChI=1S/C23H28ClN3O2S/c1-2-22(23(30)25-19-6-4-3-5-7-19)26(16-17-8-10-18(24)11-9-17)20-12-14-21(15-13-20)27(28)29/h8-15,19,22H,2-7,16H2,1H3,(H,25,30). The lowest BCUT2D eigenvalue weighted by molar-refractivity contribution is -0.384. The average molecular weight is 446 g/mol. The Morgan fingerprint density at radius 3 is 2.37 bits per heavy atom. The van der Waals surface area contributed by atoms with Crippen molar-refractivity contribution >= 4 is 40.2 Å². The van der Waals surface area contributed by atoms with Crippen molar-refractivity contribution < 1.29 is 4.92 Å². The highest BCUT2D eigenvalue weighted by Gasteiger charge is 2.25. The van der Waals surface area contributed by atoms with Gasteiger partial charge in [0.2, 0.25) is 0 Å². The second-order valence-corrected chi connectivity index (χ2v) is 8.67. The van der Waals surface area contributed by atoms with Crippen LogP contribution < -0.4 is 10.2 Å². The van der Waals surface area contributed by atoms with Gasteiger partial charge in [0.25, 0.3) is 5.69 Å². The number of nitrogens with zero attached hydrogens (tertiary/aromatic N) is 2. The van der Waals surface area contributed by atoms with Crippen molar-refractivity contribution in [1.29, 1.82) is 0 Å². The maximum atomic E-state index is 11.1. The van der Waals surface area contributed by atoms with Gasteiger partial charge < -0.3 is 10.2 Å². The molecule has 160 valence electrons. The minimum Gasteiger partial charge on any atom is -0.375 e. The van der Waals surface area contributed by atoms with Crippen molar-refractivity contribution in [1.82, 2.24) is 5.32 Å². The summed E-state index contributed by atoms with van der Waals surface area (Å²) >= 11 is 11.9. The summed E-state index contributed by atoms with van der Waals surface area (Å²) in [7, 11) is 0. The number of non-ortho nitro benzene ring substituents is 1. The molecular formula is C23H28ClN3O2S. The number of nitrogens with one attached hydrogen (secondary N) is 1. The van der Waals surface area contributed by atoms with Gasteiger partial charge in [-0.3, -0.25) is 10.1 Å². The SMILES string of the molecule is CCC(C(=S)NC1CCCCC1)N(Cc1ccc(Cl)cc1)c1ccc([N+](=O)[O-])cc1. The number of halogens is 1. The van der Waals surface area contributed by atoms with Crippen LogP contribution in [0.3, 0.4) is 0 Å². The molecule has 1 N–H and O–H groups in total. The molecule has 3 rings (SSSR count). The van der Waals surface area contributed by atoms with Gasteiger partial charge in [0.15, 0.2) is 0 Å². The third-order valence-electron chi connectivity index (χ3n) is 5.68. The minimum atomic E-state index is -0.375. The molecule has 30 heavy (non-hydrogen) atoms. The lowest BCUT2D eigenvalue weighted by atomic mass is 9.95. The highest BCUT2D eigenvalue weighted by atomic mass is 35.5. The van der Waals surface area contributed by atoms with Gasteiger partial charge in [-0.2, -0.15) is 0 Å². The Bertz CT molecular complexity index is 852. The van der Waals surface area contributed by atoms with Gasteiger partial charge in [0.1, 0.15) is 0 Å². The summed E-state index contributed by atoms with van der Waals surface area (Å²) in [5.74, 6) is 0. The molecule has 0 aromatic heterocycles. The van der Waals surface area contributed by atoms with E-state index in [9.17, 15) is 10.1 Å². The van der Waals surface area contributed by atoms with Crippen LogP contribution in [0.4, 0.5) is 11.4 Å². The van der Waals surface area contributed by atoms with Gasteiger partial charge >= 0.3 is 0 Å². The second-order valence-electron chi connectivity index (χ2n) is 7.80.